The van der Waals surface area contributed by atoms with Gasteiger partial charge in [0.1, 0.15) is 18.2 Å². The van der Waals surface area contributed by atoms with Crippen LogP contribution >= 0.6 is 0 Å². The van der Waals surface area contributed by atoms with Crippen LogP contribution in [-0.2, 0) is 22.7 Å². The van der Waals surface area contributed by atoms with E-state index in [9.17, 15) is 9.18 Å². The molecule has 3 aromatic carbocycles. The number of benzene rings is 3. The Labute approximate surface area is 185 Å². The van der Waals surface area contributed by atoms with Crippen molar-refractivity contribution in [3.8, 4) is 17.2 Å². The number of hydrogen-bond donors (Lipinski definition) is 0. The van der Waals surface area contributed by atoms with Crippen molar-refractivity contribution >= 4 is 5.97 Å². The molecule has 4 rings (SSSR count). The zero-order valence-electron chi connectivity index (χ0n) is 17.8. The monoisotopic (exact) mass is 438 g/mol. The first-order valence-electron chi connectivity index (χ1n) is 10.2. The summed E-state index contributed by atoms with van der Waals surface area (Å²) in [6, 6.07) is 16.9. The first kappa shape index (κ1) is 21.6. The van der Waals surface area contributed by atoms with Gasteiger partial charge in [0.2, 0.25) is 6.29 Å². The first-order chi connectivity index (χ1) is 15.6. The van der Waals surface area contributed by atoms with Crippen LogP contribution in [0.15, 0.2) is 60.7 Å². The molecule has 1 atom stereocenters. The second-order valence-corrected chi connectivity index (χ2v) is 7.10. The van der Waals surface area contributed by atoms with E-state index in [1.807, 2.05) is 37.3 Å². The summed E-state index contributed by atoms with van der Waals surface area (Å²) in [6.45, 7) is 2.36. The number of carbonyl (C=O) groups is 1. The Morgan fingerprint density at radius 3 is 2.66 bits per heavy atom. The minimum absolute atomic E-state index is 0.157. The summed E-state index contributed by atoms with van der Waals surface area (Å²) >= 11 is 0. The molecular weight excluding hydrogens is 415 g/mol. The fourth-order valence-corrected chi connectivity index (χ4v) is 3.45. The van der Waals surface area contributed by atoms with Crippen molar-refractivity contribution in [2.45, 2.75) is 26.4 Å². The highest BCUT2D eigenvalue weighted by molar-refractivity contribution is 5.90. The molecule has 6 nitrogen and oxygen atoms in total. The van der Waals surface area contributed by atoms with Gasteiger partial charge in [-0.2, -0.15) is 0 Å². The highest BCUT2D eigenvalue weighted by atomic mass is 19.1. The lowest BCUT2D eigenvalue weighted by Gasteiger charge is -2.28. The minimum atomic E-state index is -0.626. The lowest BCUT2D eigenvalue weighted by Crippen LogP contribution is -2.20. The number of methoxy groups -OCH3 is 1. The molecule has 0 amide bonds. The number of halogens is 1. The van der Waals surface area contributed by atoms with Crippen LogP contribution in [0.1, 0.15) is 40.3 Å². The van der Waals surface area contributed by atoms with E-state index in [-0.39, 0.29) is 13.2 Å². The van der Waals surface area contributed by atoms with Crippen molar-refractivity contribution < 1.29 is 32.9 Å². The zero-order chi connectivity index (χ0) is 22.5. The molecule has 32 heavy (non-hydrogen) atoms. The molecule has 1 heterocycles. The lowest BCUT2D eigenvalue weighted by molar-refractivity contribution is -0.112. The molecule has 3 aromatic rings. The van der Waals surface area contributed by atoms with Crippen LogP contribution in [0.5, 0.6) is 17.2 Å². The summed E-state index contributed by atoms with van der Waals surface area (Å²) in [5.74, 6) is 0.393. The highest BCUT2D eigenvalue weighted by Crippen LogP contribution is 2.37. The van der Waals surface area contributed by atoms with Crippen LogP contribution in [0, 0.1) is 5.82 Å². The predicted molar refractivity (Wildman–Crippen MR) is 114 cm³/mol. The minimum Gasteiger partial charge on any atom is -0.493 e. The average molecular weight is 438 g/mol. The maximum Gasteiger partial charge on any atom is 0.338 e. The Kier molecular flexibility index (Phi) is 6.56. The Morgan fingerprint density at radius 1 is 1.09 bits per heavy atom. The van der Waals surface area contributed by atoms with Crippen molar-refractivity contribution in [2.75, 3.05) is 13.7 Å². The molecule has 0 bridgehead atoms. The fourth-order valence-electron chi connectivity index (χ4n) is 3.45. The molecule has 1 aliphatic heterocycles. The summed E-state index contributed by atoms with van der Waals surface area (Å²) < 4.78 is 42.1. The average Bonchev–Trinajstić information content (AvgIpc) is 2.83. The van der Waals surface area contributed by atoms with Crippen LogP contribution in [0.2, 0.25) is 0 Å². The fraction of sp³-hybridized carbons (Fsp3) is 0.240. The van der Waals surface area contributed by atoms with Gasteiger partial charge in [0, 0.05) is 16.7 Å². The topological polar surface area (TPSA) is 63.2 Å². The van der Waals surface area contributed by atoms with Gasteiger partial charge in [-0.05, 0) is 37.3 Å². The zero-order valence-corrected chi connectivity index (χ0v) is 17.8. The smallest absolute Gasteiger partial charge is 0.338 e. The first-order valence-corrected chi connectivity index (χ1v) is 10.2. The Hall–Kier alpha value is -3.58. The third-order valence-corrected chi connectivity index (χ3v) is 4.95. The standard InChI is InChI=1S/C25H23FO6/c1-3-29-21-10-9-17(13-22(21)28-2)24(27)30-14-18-11-20(26)12-19-15-31-25(32-23(18)19)16-7-5-4-6-8-16/h4-13,25H,3,14-15H2,1-2H3. The largest absolute Gasteiger partial charge is 0.493 e. The van der Waals surface area contributed by atoms with Gasteiger partial charge >= 0.3 is 5.97 Å². The van der Waals surface area contributed by atoms with Crippen LogP contribution < -0.4 is 14.2 Å². The van der Waals surface area contributed by atoms with Gasteiger partial charge in [0.05, 0.1) is 25.9 Å². The van der Waals surface area contributed by atoms with E-state index >= 15 is 0 Å². The van der Waals surface area contributed by atoms with Crippen molar-refractivity contribution in [3.05, 3.63) is 88.7 Å². The lowest BCUT2D eigenvalue weighted by atomic mass is 10.1. The van der Waals surface area contributed by atoms with E-state index in [4.69, 9.17) is 23.7 Å². The van der Waals surface area contributed by atoms with E-state index in [1.165, 1.54) is 19.2 Å². The molecule has 1 unspecified atom stereocenters. The number of hydrogen-bond acceptors (Lipinski definition) is 6. The number of rotatable bonds is 7. The highest BCUT2D eigenvalue weighted by Gasteiger charge is 2.26. The summed E-state index contributed by atoms with van der Waals surface area (Å²) in [5, 5.41) is 0. The molecule has 0 saturated carbocycles. The van der Waals surface area contributed by atoms with Gasteiger partial charge in [0.15, 0.2) is 11.5 Å². The van der Waals surface area contributed by atoms with Gasteiger partial charge in [-0.15, -0.1) is 0 Å². The van der Waals surface area contributed by atoms with Crippen molar-refractivity contribution in [3.63, 3.8) is 0 Å². The predicted octanol–water partition coefficient (Wildman–Crippen LogP) is 5.20. The molecular formula is C25H23FO6. The normalized spacial score (nSPS) is 14.8. The molecule has 0 saturated heterocycles. The third-order valence-electron chi connectivity index (χ3n) is 4.95. The molecule has 0 fully saturated rings. The van der Waals surface area contributed by atoms with Crippen molar-refractivity contribution in [1.82, 2.24) is 0 Å². The molecule has 0 spiro atoms. The molecule has 1 aliphatic rings. The number of ether oxygens (including phenoxy) is 5. The number of carbonyl (C=O) groups excluding carboxylic acids is 1. The van der Waals surface area contributed by atoms with E-state index in [0.717, 1.165) is 5.56 Å². The summed E-state index contributed by atoms with van der Waals surface area (Å²) in [6.07, 6.45) is -0.626. The molecule has 0 radical (unpaired) electrons. The second kappa shape index (κ2) is 9.70. The van der Waals surface area contributed by atoms with Crippen LogP contribution in [0.3, 0.4) is 0 Å². The Balaban J connectivity index is 1.52. The Bertz CT molecular complexity index is 1100. The number of fused-ring (bicyclic) bond motifs is 1. The van der Waals surface area contributed by atoms with Crippen LogP contribution in [0.25, 0.3) is 0 Å². The van der Waals surface area contributed by atoms with Crippen LogP contribution in [-0.4, -0.2) is 19.7 Å². The third kappa shape index (κ3) is 4.68. The molecule has 0 N–H and O–H groups in total. The molecule has 0 aromatic heterocycles. The van der Waals surface area contributed by atoms with Gasteiger partial charge in [0.25, 0.3) is 0 Å². The quantitative estimate of drug-likeness (QED) is 0.473. The van der Waals surface area contributed by atoms with Gasteiger partial charge < -0.3 is 23.7 Å². The van der Waals surface area contributed by atoms with Crippen molar-refractivity contribution in [1.29, 1.82) is 0 Å². The van der Waals surface area contributed by atoms with E-state index < -0.39 is 18.1 Å². The van der Waals surface area contributed by atoms with Gasteiger partial charge in [-0.1, -0.05) is 30.3 Å². The van der Waals surface area contributed by atoms with E-state index in [1.54, 1.807) is 18.2 Å². The Morgan fingerprint density at radius 2 is 1.91 bits per heavy atom. The van der Waals surface area contributed by atoms with Gasteiger partial charge in [-0.3, -0.25) is 0 Å². The maximum absolute atomic E-state index is 14.2. The van der Waals surface area contributed by atoms with Gasteiger partial charge in [-0.25, -0.2) is 9.18 Å². The maximum atomic E-state index is 14.2. The second-order valence-electron chi connectivity index (χ2n) is 7.10. The molecule has 166 valence electrons. The SMILES string of the molecule is CCOc1ccc(C(=O)OCc2cc(F)cc3c2OC(c2ccccc2)OC3)cc1OC. The van der Waals surface area contributed by atoms with E-state index in [2.05, 4.69) is 0 Å². The molecule has 0 aliphatic carbocycles. The van der Waals surface area contributed by atoms with Crippen molar-refractivity contribution in [2.24, 2.45) is 0 Å². The summed E-state index contributed by atoms with van der Waals surface area (Å²) in [7, 11) is 1.49. The van der Waals surface area contributed by atoms with Crippen LogP contribution in [0.4, 0.5) is 4.39 Å². The molecule has 7 heteroatoms. The summed E-state index contributed by atoms with van der Waals surface area (Å²) in [5.41, 5.74) is 2.12. The summed E-state index contributed by atoms with van der Waals surface area (Å²) in [4.78, 5) is 12.6. The number of esters is 1. The van der Waals surface area contributed by atoms with E-state index in [0.29, 0.717) is 40.5 Å².